The molecule has 0 aliphatic carbocycles. The Bertz CT molecular complexity index is 209. The number of hydrogen-bond acceptors (Lipinski definition) is 4. The van der Waals surface area contributed by atoms with Gasteiger partial charge in [-0.15, -0.1) is 0 Å². The number of carbonyl (C=O) groups excluding carboxylic acids is 1. The second kappa shape index (κ2) is 5.49. The molecular weight excluding hydrogens is 156 g/mol. The van der Waals surface area contributed by atoms with Crippen molar-refractivity contribution in [1.82, 2.24) is 0 Å². The first-order chi connectivity index (χ1) is 5.57. The van der Waals surface area contributed by atoms with Crippen LogP contribution in [0.4, 0.5) is 0 Å². The van der Waals surface area contributed by atoms with Crippen LogP contribution in [0.5, 0.6) is 0 Å². The lowest BCUT2D eigenvalue weighted by Gasteiger charge is -2.01. The van der Waals surface area contributed by atoms with E-state index < -0.39 is 5.97 Å². The second-order valence-electron chi connectivity index (χ2n) is 2.43. The summed E-state index contributed by atoms with van der Waals surface area (Å²) in [6.07, 6.45) is 1.46. The average molecular weight is 170 g/mol. The predicted molar refractivity (Wildman–Crippen MR) is 47.2 cm³/mol. The number of allylic oxidation sites excluding steroid dienone is 1. The molecule has 12 heavy (non-hydrogen) atoms. The van der Waals surface area contributed by atoms with Crippen molar-refractivity contribution in [3.63, 3.8) is 0 Å². The van der Waals surface area contributed by atoms with E-state index in [0.717, 1.165) is 0 Å². The van der Waals surface area contributed by atoms with E-state index in [1.54, 1.807) is 13.8 Å². The second-order valence-corrected chi connectivity index (χ2v) is 2.43. The van der Waals surface area contributed by atoms with Gasteiger partial charge in [0.15, 0.2) is 0 Å². The normalized spacial score (nSPS) is 11.1. The highest BCUT2D eigenvalue weighted by Gasteiger charge is 2.03. The van der Waals surface area contributed by atoms with Crippen molar-refractivity contribution in [2.45, 2.75) is 13.8 Å². The van der Waals surface area contributed by atoms with Crippen molar-refractivity contribution < 1.29 is 9.53 Å². The number of carbonyl (C=O) groups is 1. The monoisotopic (exact) mass is 170 g/mol. The van der Waals surface area contributed by atoms with Gasteiger partial charge in [0.2, 0.25) is 0 Å². The molecule has 68 valence electrons. The summed E-state index contributed by atoms with van der Waals surface area (Å²) in [6.45, 7) is 3.75. The number of nitrogens with one attached hydrogen (secondary N) is 1. The molecule has 0 aromatic heterocycles. The van der Waals surface area contributed by atoms with E-state index in [1.807, 2.05) is 0 Å². The van der Waals surface area contributed by atoms with Gasteiger partial charge in [-0.3, -0.25) is 0 Å². The van der Waals surface area contributed by atoms with Crippen LogP contribution >= 0.6 is 0 Å². The van der Waals surface area contributed by atoms with Gasteiger partial charge in [0.1, 0.15) is 6.61 Å². The molecule has 0 amide bonds. The van der Waals surface area contributed by atoms with Crippen LogP contribution in [0.3, 0.4) is 0 Å². The molecule has 0 atom stereocenters. The standard InChI is InChI=1S/C8H14N2O2/c1-6(5-7(2)10)8(11)12-4-3-9/h5,10H,3-4,9H2,1-2H3. The van der Waals surface area contributed by atoms with Gasteiger partial charge in [-0.25, -0.2) is 4.79 Å². The molecule has 0 saturated carbocycles. The zero-order valence-corrected chi connectivity index (χ0v) is 7.39. The van der Waals surface area contributed by atoms with Crippen molar-refractivity contribution in [2.75, 3.05) is 13.2 Å². The molecule has 0 bridgehead atoms. The van der Waals surface area contributed by atoms with Crippen LogP contribution in [-0.2, 0) is 9.53 Å². The number of esters is 1. The molecule has 0 heterocycles. The fourth-order valence-electron chi connectivity index (χ4n) is 0.649. The fraction of sp³-hybridized carbons (Fsp3) is 0.500. The molecule has 0 aliphatic rings. The Hall–Kier alpha value is -1.16. The lowest BCUT2D eigenvalue weighted by Crippen LogP contribution is -2.14. The number of rotatable bonds is 4. The minimum Gasteiger partial charge on any atom is -0.461 e. The Morgan fingerprint density at radius 2 is 2.17 bits per heavy atom. The highest BCUT2D eigenvalue weighted by Crippen LogP contribution is 1.96. The van der Waals surface area contributed by atoms with Gasteiger partial charge in [0.25, 0.3) is 0 Å². The Morgan fingerprint density at radius 3 is 2.58 bits per heavy atom. The quantitative estimate of drug-likeness (QED) is 0.366. The maximum atomic E-state index is 11.0. The van der Waals surface area contributed by atoms with E-state index in [2.05, 4.69) is 0 Å². The summed E-state index contributed by atoms with van der Waals surface area (Å²) in [5, 5.41) is 7.09. The fourth-order valence-corrected chi connectivity index (χ4v) is 0.649. The van der Waals surface area contributed by atoms with Crippen LogP contribution in [-0.4, -0.2) is 24.8 Å². The lowest BCUT2D eigenvalue weighted by molar-refractivity contribution is -0.138. The Balaban J connectivity index is 4.01. The first kappa shape index (κ1) is 10.8. The number of ether oxygens (including phenoxy) is 1. The van der Waals surface area contributed by atoms with Crippen molar-refractivity contribution >= 4 is 11.7 Å². The van der Waals surface area contributed by atoms with Crippen molar-refractivity contribution in [3.05, 3.63) is 11.6 Å². The van der Waals surface area contributed by atoms with Crippen molar-refractivity contribution in [1.29, 1.82) is 5.41 Å². The van der Waals surface area contributed by atoms with E-state index in [-0.39, 0.29) is 6.61 Å². The summed E-state index contributed by atoms with van der Waals surface area (Å²) in [5.74, 6) is -0.410. The summed E-state index contributed by atoms with van der Waals surface area (Å²) in [4.78, 5) is 11.0. The Labute approximate surface area is 71.9 Å². The van der Waals surface area contributed by atoms with Crippen LogP contribution in [0.1, 0.15) is 13.8 Å². The molecule has 0 aromatic carbocycles. The zero-order valence-electron chi connectivity index (χ0n) is 7.39. The topological polar surface area (TPSA) is 76.2 Å². The van der Waals surface area contributed by atoms with Gasteiger partial charge in [0.05, 0.1) is 0 Å². The maximum Gasteiger partial charge on any atom is 0.333 e. The molecule has 3 N–H and O–H groups in total. The third-order valence-corrected chi connectivity index (χ3v) is 1.11. The smallest absolute Gasteiger partial charge is 0.333 e. The van der Waals surface area contributed by atoms with Gasteiger partial charge in [-0.2, -0.15) is 0 Å². The first-order valence-electron chi connectivity index (χ1n) is 3.68. The molecule has 0 fully saturated rings. The van der Waals surface area contributed by atoms with Crippen LogP contribution in [0, 0.1) is 5.41 Å². The minimum atomic E-state index is -0.410. The van der Waals surface area contributed by atoms with Gasteiger partial charge in [-0.1, -0.05) is 0 Å². The SMILES string of the molecule is CC(=N)C=C(C)C(=O)OCCN. The van der Waals surface area contributed by atoms with Crippen LogP contribution in [0.25, 0.3) is 0 Å². The molecule has 0 unspecified atom stereocenters. The summed E-state index contributed by atoms with van der Waals surface area (Å²) in [5.41, 5.74) is 5.90. The Morgan fingerprint density at radius 1 is 1.58 bits per heavy atom. The van der Waals surface area contributed by atoms with Crippen LogP contribution in [0.2, 0.25) is 0 Å². The van der Waals surface area contributed by atoms with E-state index in [9.17, 15) is 4.79 Å². The molecule has 0 spiro atoms. The predicted octanol–water partition coefficient (Wildman–Crippen LogP) is 0.474. The highest BCUT2D eigenvalue weighted by molar-refractivity contribution is 5.99. The number of hydrogen-bond donors (Lipinski definition) is 2. The molecular formula is C8H14N2O2. The summed E-state index contributed by atoms with van der Waals surface area (Å²) in [6, 6.07) is 0. The van der Waals surface area contributed by atoms with Gasteiger partial charge in [0, 0.05) is 17.8 Å². The van der Waals surface area contributed by atoms with Gasteiger partial charge >= 0.3 is 5.97 Å². The third-order valence-electron chi connectivity index (χ3n) is 1.11. The van der Waals surface area contributed by atoms with Crippen LogP contribution < -0.4 is 5.73 Å². The van der Waals surface area contributed by atoms with Crippen molar-refractivity contribution in [3.8, 4) is 0 Å². The van der Waals surface area contributed by atoms with Crippen LogP contribution in [0.15, 0.2) is 11.6 Å². The van der Waals surface area contributed by atoms with Gasteiger partial charge in [-0.05, 0) is 19.9 Å². The molecule has 0 rings (SSSR count). The molecule has 4 nitrogen and oxygen atoms in total. The van der Waals surface area contributed by atoms with E-state index in [0.29, 0.717) is 17.8 Å². The Kier molecular flexibility index (Phi) is 4.96. The lowest BCUT2D eigenvalue weighted by atomic mass is 10.2. The molecule has 0 aliphatic heterocycles. The summed E-state index contributed by atoms with van der Waals surface area (Å²) in [7, 11) is 0. The van der Waals surface area contributed by atoms with E-state index in [4.69, 9.17) is 15.9 Å². The molecule has 0 saturated heterocycles. The minimum absolute atomic E-state index is 0.223. The molecule has 0 radical (unpaired) electrons. The zero-order chi connectivity index (χ0) is 9.56. The average Bonchev–Trinajstić information content (AvgIpc) is 1.98. The maximum absolute atomic E-state index is 11.0. The van der Waals surface area contributed by atoms with E-state index in [1.165, 1.54) is 6.08 Å². The first-order valence-corrected chi connectivity index (χ1v) is 3.68. The molecule has 0 aromatic rings. The molecule has 4 heteroatoms. The summed E-state index contributed by atoms with van der Waals surface area (Å²) >= 11 is 0. The third kappa shape index (κ3) is 4.62. The largest absolute Gasteiger partial charge is 0.461 e. The highest BCUT2D eigenvalue weighted by atomic mass is 16.5. The van der Waals surface area contributed by atoms with Gasteiger partial charge < -0.3 is 15.9 Å². The summed E-state index contributed by atoms with van der Waals surface area (Å²) < 4.78 is 4.72. The number of nitrogens with two attached hydrogens (primary N) is 1. The van der Waals surface area contributed by atoms with E-state index >= 15 is 0 Å². The van der Waals surface area contributed by atoms with Crippen molar-refractivity contribution in [2.24, 2.45) is 5.73 Å².